The number of aromatic nitrogens is 4. The quantitative estimate of drug-likeness (QED) is 0.584. The highest BCUT2D eigenvalue weighted by Gasteiger charge is 2.33. The molecule has 132 valence electrons. The van der Waals surface area contributed by atoms with E-state index in [4.69, 9.17) is 4.74 Å². The van der Waals surface area contributed by atoms with Crippen LogP contribution in [0.4, 0.5) is 13.2 Å². The van der Waals surface area contributed by atoms with Crippen molar-refractivity contribution in [1.29, 1.82) is 0 Å². The second-order valence-corrected chi connectivity index (χ2v) is 5.29. The van der Waals surface area contributed by atoms with Gasteiger partial charge in [-0.25, -0.2) is 9.67 Å². The lowest BCUT2D eigenvalue weighted by atomic mass is 10.2. The Morgan fingerprint density at radius 1 is 1.00 bits per heavy atom. The summed E-state index contributed by atoms with van der Waals surface area (Å²) in [5.41, 5.74) is 0.770. The summed E-state index contributed by atoms with van der Waals surface area (Å²) in [5, 5.41) is 4.03. The molecule has 2 aromatic carbocycles. The van der Waals surface area contributed by atoms with E-state index in [1.807, 2.05) is 0 Å². The lowest BCUT2D eigenvalue weighted by molar-refractivity contribution is -0.275. The molecule has 0 fully saturated rings. The summed E-state index contributed by atoms with van der Waals surface area (Å²) >= 11 is 0. The van der Waals surface area contributed by atoms with E-state index in [0.717, 1.165) is 0 Å². The van der Waals surface area contributed by atoms with E-state index >= 15 is 0 Å². The fraction of sp³-hybridized carbons (Fsp3) is 0.0588. The molecule has 26 heavy (non-hydrogen) atoms. The molecule has 9 heteroatoms. The van der Waals surface area contributed by atoms with Crippen LogP contribution in [0.5, 0.6) is 17.2 Å². The summed E-state index contributed by atoms with van der Waals surface area (Å²) in [6.07, 6.45) is -1.63. The van der Waals surface area contributed by atoms with Crippen molar-refractivity contribution in [2.75, 3.05) is 0 Å². The van der Waals surface area contributed by atoms with E-state index < -0.39 is 12.1 Å². The lowest BCUT2D eigenvalue weighted by Crippen LogP contribution is -2.17. The van der Waals surface area contributed by atoms with Crippen molar-refractivity contribution in [3.63, 3.8) is 0 Å². The molecule has 0 saturated heterocycles. The maximum atomic E-state index is 12.8. The van der Waals surface area contributed by atoms with Gasteiger partial charge >= 0.3 is 6.36 Å². The zero-order chi connectivity index (χ0) is 18.1. The van der Waals surface area contributed by atoms with Gasteiger partial charge in [0.2, 0.25) is 5.95 Å². The van der Waals surface area contributed by atoms with Crippen molar-refractivity contribution >= 4 is 11.0 Å². The van der Waals surface area contributed by atoms with Crippen LogP contribution >= 0.6 is 0 Å². The van der Waals surface area contributed by atoms with Crippen LogP contribution in [0, 0.1) is 0 Å². The van der Waals surface area contributed by atoms with Gasteiger partial charge in [-0.3, -0.25) is 0 Å². The summed E-state index contributed by atoms with van der Waals surface area (Å²) in [6.45, 7) is 0. The van der Waals surface area contributed by atoms with Gasteiger partial charge in [0.15, 0.2) is 11.5 Å². The van der Waals surface area contributed by atoms with Gasteiger partial charge in [0.1, 0.15) is 5.75 Å². The Hall–Kier alpha value is -3.49. The molecule has 6 nitrogen and oxygen atoms in total. The van der Waals surface area contributed by atoms with Crippen LogP contribution in [-0.4, -0.2) is 26.1 Å². The minimum Gasteiger partial charge on any atom is -0.453 e. The zero-order valence-electron chi connectivity index (χ0n) is 13.1. The van der Waals surface area contributed by atoms with E-state index in [9.17, 15) is 13.2 Å². The summed E-state index contributed by atoms with van der Waals surface area (Å²) in [6, 6.07) is 12.7. The average Bonchev–Trinajstić information content (AvgIpc) is 3.23. The molecule has 1 N–H and O–H groups in total. The fourth-order valence-electron chi connectivity index (χ4n) is 2.41. The second kappa shape index (κ2) is 6.10. The molecule has 0 aliphatic heterocycles. The van der Waals surface area contributed by atoms with Crippen LogP contribution < -0.4 is 9.47 Å². The van der Waals surface area contributed by atoms with E-state index in [0.29, 0.717) is 17.2 Å². The van der Waals surface area contributed by atoms with Gasteiger partial charge in [0, 0.05) is 24.5 Å². The number of benzene rings is 2. The molecule has 0 aliphatic rings. The van der Waals surface area contributed by atoms with Crippen molar-refractivity contribution in [3.8, 4) is 23.2 Å². The van der Waals surface area contributed by atoms with E-state index in [1.54, 1.807) is 48.8 Å². The molecule has 2 heterocycles. The van der Waals surface area contributed by atoms with Crippen LogP contribution in [0.2, 0.25) is 0 Å². The third-order valence-electron chi connectivity index (χ3n) is 3.45. The predicted molar refractivity (Wildman–Crippen MR) is 86.4 cm³/mol. The molecular weight excluding hydrogens is 349 g/mol. The van der Waals surface area contributed by atoms with Gasteiger partial charge in [-0.15, -0.1) is 13.2 Å². The molecule has 4 aromatic rings. The number of halogens is 3. The second-order valence-electron chi connectivity index (χ2n) is 5.29. The van der Waals surface area contributed by atoms with E-state index in [1.165, 1.54) is 16.8 Å². The number of imidazole rings is 1. The van der Waals surface area contributed by atoms with E-state index in [-0.39, 0.29) is 11.3 Å². The largest absolute Gasteiger partial charge is 0.573 e. The Bertz CT molecular complexity index is 1030. The molecule has 4 rings (SSSR count). The first-order valence-corrected chi connectivity index (χ1v) is 7.50. The number of hydrogen-bond donors (Lipinski definition) is 1. The number of rotatable bonds is 4. The Balaban J connectivity index is 1.80. The van der Waals surface area contributed by atoms with Gasteiger partial charge in [-0.2, -0.15) is 5.10 Å². The number of nitrogens with zero attached hydrogens (tertiary/aromatic N) is 3. The molecule has 0 atom stereocenters. The van der Waals surface area contributed by atoms with Gasteiger partial charge in [-0.05, 0) is 18.2 Å². The minimum absolute atomic E-state index is 0.0864. The normalized spacial score (nSPS) is 11.7. The predicted octanol–water partition coefficient (Wildman–Crippen LogP) is 4.44. The van der Waals surface area contributed by atoms with Crippen LogP contribution in [0.15, 0.2) is 60.9 Å². The van der Waals surface area contributed by atoms with Gasteiger partial charge in [0.05, 0.1) is 11.0 Å². The molecule has 0 unspecified atom stereocenters. The standard InChI is InChI=1S/C17H11F3N4O2/c18-17(19,20)26-15-10-13-12(22-16(23-13)24-8-4-7-21-24)9-14(15)25-11-5-2-1-3-6-11/h1-10H,(H,22,23). The third-order valence-corrected chi connectivity index (χ3v) is 3.45. The maximum absolute atomic E-state index is 12.8. The van der Waals surface area contributed by atoms with Crippen LogP contribution in [0.25, 0.3) is 17.0 Å². The molecule has 0 spiro atoms. The molecular formula is C17H11F3N4O2. The number of H-pyrrole nitrogens is 1. The smallest absolute Gasteiger partial charge is 0.453 e. The topological polar surface area (TPSA) is 65.0 Å². The monoisotopic (exact) mass is 360 g/mol. The van der Waals surface area contributed by atoms with Gasteiger partial charge in [-0.1, -0.05) is 18.2 Å². The minimum atomic E-state index is -4.86. The number of para-hydroxylation sites is 1. The molecule has 0 amide bonds. The Morgan fingerprint density at radius 3 is 2.50 bits per heavy atom. The van der Waals surface area contributed by atoms with Crippen molar-refractivity contribution in [2.24, 2.45) is 0 Å². The Labute approximate surface area is 144 Å². The number of hydrogen-bond acceptors (Lipinski definition) is 4. The average molecular weight is 360 g/mol. The van der Waals surface area contributed by atoms with Crippen LogP contribution in [0.3, 0.4) is 0 Å². The molecule has 0 aliphatic carbocycles. The van der Waals surface area contributed by atoms with Crippen molar-refractivity contribution in [1.82, 2.24) is 19.7 Å². The SMILES string of the molecule is FC(F)(F)Oc1cc2nc(-n3cccn3)[nH]c2cc1Oc1ccccc1. The summed E-state index contributed by atoms with van der Waals surface area (Å²) < 4.78 is 49.4. The highest BCUT2D eigenvalue weighted by atomic mass is 19.4. The number of nitrogens with one attached hydrogen (secondary N) is 1. The van der Waals surface area contributed by atoms with Crippen molar-refractivity contribution in [2.45, 2.75) is 6.36 Å². The molecule has 0 saturated carbocycles. The number of aromatic amines is 1. The maximum Gasteiger partial charge on any atom is 0.573 e. The third kappa shape index (κ3) is 3.32. The summed E-state index contributed by atoms with van der Waals surface area (Å²) in [5.74, 6) is 0.176. The number of fused-ring (bicyclic) bond motifs is 1. The number of alkyl halides is 3. The fourth-order valence-corrected chi connectivity index (χ4v) is 2.41. The Morgan fingerprint density at radius 2 is 1.81 bits per heavy atom. The summed E-state index contributed by atoms with van der Waals surface area (Å²) in [4.78, 5) is 7.22. The first kappa shape index (κ1) is 16.0. The van der Waals surface area contributed by atoms with Gasteiger partial charge in [0.25, 0.3) is 0 Å². The van der Waals surface area contributed by atoms with Crippen LogP contribution in [-0.2, 0) is 0 Å². The summed E-state index contributed by atoms with van der Waals surface area (Å²) in [7, 11) is 0. The number of ether oxygens (including phenoxy) is 2. The highest BCUT2D eigenvalue weighted by Crippen LogP contribution is 2.38. The highest BCUT2D eigenvalue weighted by molar-refractivity contribution is 5.81. The first-order valence-electron chi connectivity index (χ1n) is 7.50. The first-order chi connectivity index (χ1) is 12.5. The van der Waals surface area contributed by atoms with Crippen molar-refractivity contribution < 1.29 is 22.6 Å². The molecule has 0 radical (unpaired) electrons. The van der Waals surface area contributed by atoms with Crippen LogP contribution in [0.1, 0.15) is 0 Å². The van der Waals surface area contributed by atoms with E-state index in [2.05, 4.69) is 19.8 Å². The van der Waals surface area contributed by atoms with Crippen molar-refractivity contribution in [3.05, 3.63) is 60.9 Å². The molecule has 0 bridgehead atoms. The Kier molecular flexibility index (Phi) is 3.76. The lowest BCUT2D eigenvalue weighted by Gasteiger charge is -2.14. The van der Waals surface area contributed by atoms with Gasteiger partial charge < -0.3 is 14.5 Å². The molecule has 2 aromatic heterocycles. The zero-order valence-corrected chi connectivity index (χ0v) is 13.1.